The largest absolute Gasteiger partial charge is 0.444 e. The SMILES string of the molecule is CC(C)(C)OC(=O)N[C@H]1CCN2CCC[C@@H]12. The second kappa shape index (κ2) is 4.24. The molecule has 1 N–H and O–H groups in total. The number of carbonyl (C=O) groups is 1. The van der Waals surface area contributed by atoms with Crippen LogP contribution in [0.25, 0.3) is 0 Å². The van der Waals surface area contributed by atoms with Gasteiger partial charge in [0.2, 0.25) is 0 Å². The molecule has 0 aliphatic carbocycles. The van der Waals surface area contributed by atoms with Gasteiger partial charge in [-0.15, -0.1) is 0 Å². The molecule has 1 amide bonds. The molecule has 2 aliphatic heterocycles. The van der Waals surface area contributed by atoms with Crippen LogP contribution in [0.4, 0.5) is 4.79 Å². The van der Waals surface area contributed by atoms with Gasteiger partial charge in [-0.1, -0.05) is 0 Å². The molecule has 0 spiro atoms. The van der Waals surface area contributed by atoms with Crippen molar-refractivity contribution in [3.05, 3.63) is 0 Å². The van der Waals surface area contributed by atoms with Crippen molar-refractivity contribution in [2.45, 2.75) is 57.7 Å². The van der Waals surface area contributed by atoms with Crippen LogP contribution in [-0.4, -0.2) is 41.8 Å². The molecule has 2 heterocycles. The van der Waals surface area contributed by atoms with E-state index in [2.05, 4.69) is 10.2 Å². The summed E-state index contributed by atoms with van der Waals surface area (Å²) >= 11 is 0. The fraction of sp³-hybridized carbons (Fsp3) is 0.917. The highest BCUT2D eigenvalue weighted by atomic mass is 16.6. The van der Waals surface area contributed by atoms with Crippen molar-refractivity contribution < 1.29 is 9.53 Å². The first-order valence-electron chi connectivity index (χ1n) is 6.19. The quantitative estimate of drug-likeness (QED) is 0.740. The predicted octanol–water partition coefficient (Wildman–Crippen LogP) is 1.75. The first-order chi connectivity index (χ1) is 7.46. The second-order valence-corrected chi connectivity index (χ2v) is 5.79. The molecule has 0 saturated carbocycles. The number of ether oxygens (including phenoxy) is 1. The van der Waals surface area contributed by atoms with Crippen molar-refractivity contribution in [3.8, 4) is 0 Å². The van der Waals surface area contributed by atoms with Crippen LogP contribution in [-0.2, 0) is 4.74 Å². The van der Waals surface area contributed by atoms with Gasteiger partial charge in [0, 0.05) is 18.6 Å². The number of rotatable bonds is 1. The van der Waals surface area contributed by atoms with Crippen LogP contribution < -0.4 is 5.32 Å². The number of fused-ring (bicyclic) bond motifs is 1. The lowest BCUT2D eigenvalue weighted by Gasteiger charge is -2.24. The van der Waals surface area contributed by atoms with E-state index in [9.17, 15) is 4.79 Å². The van der Waals surface area contributed by atoms with Crippen LogP contribution in [0.1, 0.15) is 40.0 Å². The minimum atomic E-state index is -0.405. The predicted molar refractivity (Wildman–Crippen MR) is 62.4 cm³/mol. The van der Waals surface area contributed by atoms with Crippen LogP contribution in [0.2, 0.25) is 0 Å². The molecule has 0 bridgehead atoms. The van der Waals surface area contributed by atoms with Crippen molar-refractivity contribution >= 4 is 6.09 Å². The maximum absolute atomic E-state index is 11.7. The van der Waals surface area contributed by atoms with E-state index in [1.807, 2.05) is 20.8 Å². The molecule has 0 aromatic heterocycles. The number of hydrogen-bond donors (Lipinski definition) is 1. The van der Waals surface area contributed by atoms with Crippen molar-refractivity contribution in [2.24, 2.45) is 0 Å². The first kappa shape index (κ1) is 11.7. The van der Waals surface area contributed by atoms with E-state index in [-0.39, 0.29) is 12.1 Å². The topological polar surface area (TPSA) is 41.6 Å². The van der Waals surface area contributed by atoms with Gasteiger partial charge >= 0.3 is 6.09 Å². The summed E-state index contributed by atoms with van der Waals surface area (Å²) in [5, 5.41) is 3.00. The molecule has 0 radical (unpaired) electrons. The number of carbonyl (C=O) groups excluding carboxylic acids is 1. The Kier molecular flexibility index (Phi) is 3.10. The van der Waals surface area contributed by atoms with E-state index >= 15 is 0 Å². The number of amides is 1. The molecular weight excluding hydrogens is 204 g/mol. The molecule has 2 atom stereocenters. The monoisotopic (exact) mass is 226 g/mol. The van der Waals surface area contributed by atoms with Gasteiger partial charge in [-0.05, 0) is 46.6 Å². The zero-order valence-electron chi connectivity index (χ0n) is 10.5. The van der Waals surface area contributed by atoms with Gasteiger partial charge in [0.1, 0.15) is 5.60 Å². The molecule has 4 nitrogen and oxygen atoms in total. The highest BCUT2D eigenvalue weighted by molar-refractivity contribution is 5.68. The molecule has 16 heavy (non-hydrogen) atoms. The molecule has 92 valence electrons. The van der Waals surface area contributed by atoms with Gasteiger partial charge in [0.25, 0.3) is 0 Å². The molecule has 2 fully saturated rings. The third-order valence-corrected chi connectivity index (χ3v) is 3.31. The summed E-state index contributed by atoms with van der Waals surface area (Å²) in [6, 6.07) is 0.838. The summed E-state index contributed by atoms with van der Waals surface area (Å²) in [6.07, 6.45) is 3.26. The van der Waals surface area contributed by atoms with Crippen molar-refractivity contribution in [3.63, 3.8) is 0 Å². The summed E-state index contributed by atoms with van der Waals surface area (Å²) in [6.45, 7) is 7.98. The maximum Gasteiger partial charge on any atom is 0.407 e. The van der Waals surface area contributed by atoms with Crippen molar-refractivity contribution in [1.82, 2.24) is 10.2 Å². The van der Waals surface area contributed by atoms with Crippen LogP contribution >= 0.6 is 0 Å². The van der Waals surface area contributed by atoms with Gasteiger partial charge < -0.3 is 10.1 Å². The van der Waals surface area contributed by atoms with Crippen LogP contribution in [0.5, 0.6) is 0 Å². The van der Waals surface area contributed by atoms with E-state index in [4.69, 9.17) is 4.74 Å². The van der Waals surface area contributed by atoms with Crippen LogP contribution in [0, 0.1) is 0 Å². The fourth-order valence-electron chi connectivity index (χ4n) is 2.71. The van der Waals surface area contributed by atoms with Gasteiger partial charge in [-0.25, -0.2) is 4.79 Å². The smallest absolute Gasteiger partial charge is 0.407 e. The van der Waals surface area contributed by atoms with Crippen molar-refractivity contribution in [1.29, 1.82) is 0 Å². The third kappa shape index (κ3) is 2.67. The molecule has 2 saturated heterocycles. The summed E-state index contributed by atoms with van der Waals surface area (Å²) in [5.74, 6) is 0. The normalized spacial score (nSPS) is 30.2. The van der Waals surface area contributed by atoms with Crippen molar-refractivity contribution in [2.75, 3.05) is 13.1 Å². The summed E-state index contributed by atoms with van der Waals surface area (Å²) in [4.78, 5) is 14.1. The Hall–Kier alpha value is -0.770. The maximum atomic E-state index is 11.7. The number of nitrogens with zero attached hydrogens (tertiary/aromatic N) is 1. The molecule has 4 heteroatoms. The molecule has 0 aromatic carbocycles. The molecule has 2 rings (SSSR count). The lowest BCUT2D eigenvalue weighted by Crippen LogP contribution is -2.44. The average Bonchev–Trinajstić information content (AvgIpc) is 2.66. The molecule has 2 aliphatic rings. The Morgan fingerprint density at radius 3 is 2.75 bits per heavy atom. The lowest BCUT2D eigenvalue weighted by molar-refractivity contribution is 0.0496. The van der Waals surface area contributed by atoms with Gasteiger partial charge in [0.15, 0.2) is 0 Å². The highest BCUT2D eigenvalue weighted by Crippen LogP contribution is 2.28. The Morgan fingerprint density at radius 2 is 2.06 bits per heavy atom. The third-order valence-electron chi connectivity index (χ3n) is 3.31. The minimum Gasteiger partial charge on any atom is -0.444 e. The molecular formula is C12H22N2O2. The molecule has 0 unspecified atom stereocenters. The van der Waals surface area contributed by atoms with E-state index in [0.29, 0.717) is 6.04 Å². The number of nitrogens with one attached hydrogen (secondary N) is 1. The zero-order valence-corrected chi connectivity index (χ0v) is 10.5. The zero-order chi connectivity index (χ0) is 11.8. The summed E-state index contributed by atoms with van der Waals surface area (Å²) < 4.78 is 5.28. The second-order valence-electron chi connectivity index (χ2n) is 5.79. The van der Waals surface area contributed by atoms with Gasteiger partial charge in [-0.3, -0.25) is 4.90 Å². The van der Waals surface area contributed by atoms with Gasteiger partial charge in [-0.2, -0.15) is 0 Å². The van der Waals surface area contributed by atoms with Crippen LogP contribution in [0.15, 0.2) is 0 Å². The average molecular weight is 226 g/mol. The van der Waals surface area contributed by atoms with E-state index in [1.165, 1.54) is 19.4 Å². The van der Waals surface area contributed by atoms with Gasteiger partial charge in [0.05, 0.1) is 0 Å². The molecule has 0 aromatic rings. The summed E-state index contributed by atoms with van der Waals surface area (Å²) in [5.41, 5.74) is -0.405. The number of alkyl carbamates (subject to hydrolysis) is 1. The Labute approximate surface area is 97.3 Å². The van der Waals surface area contributed by atoms with E-state index in [1.54, 1.807) is 0 Å². The minimum absolute atomic E-state index is 0.272. The van der Waals surface area contributed by atoms with Crippen LogP contribution in [0.3, 0.4) is 0 Å². The highest BCUT2D eigenvalue weighted by Gasteiger charge is 2.38. The summed E-state index contributed by atoms with van der Waals surface area (Å²) in [7, 11) is 0. The lowest BCUT2D eigenvalue weighted by atomic mass is 10.1. The van der Waals surface area contributed by atoms with E-state index < -0.39 is 5.60 Å². The number of hydrogen-bond acceptors (Lipinski definition) is 3. The standard InChI is InChI=1S/C12H22N2O2/c1-12(2,3)16-11(15)13-9-6-8-14-7-4-5-10(9)14/h9-10H,4-8H2,1-3H3,(H,13,15)/t9-,10-/m0/s1. The fourth-order valence-corrected chi connectivity index (χ4v) is 2.71. The van der Waals surface area contributed by atoms with E-state index in [0.717, 1.165) is 13.0 Å². The first-order valence-corrected chi connectivity index (χ1v) is 6.19. The Balaban J connectivity index is 1.83. The Bertz CT molecular complexity index is 273. The Morgan fingerprint density at radius 1 is 1.31 bits per heavy atom.